The van der Waals surface area contributed by atoms with Crippen LogP contribution in [0.25, 0.3) is 0 Å². The van der Waals surface area contributed by atoms with Crippen molar-refractivity contribution >= 4 is 27.3 Å². The van der Waals surface area contributed by atoms with Crippen LogP contribution in [0, 0.1) is 5.41 Å². The maximum Gasteiger partial charge on any atom is 0.0327 e. The lowest BCUT2D eigenvalue weighted by molar-refractivity contribution is 0.303. The van der Waals surface area contributed by atoms with Gasteiger partial charge in [-0.15, -0.1) is 11.3 Å². The Labute approximate surface area is 104 Å². The maximum atomic E-state index is 5.76. The van der Waals surface area contributed by atoms with Crippen LogP contribution in [0.3, 0.4) is 0 Å². The first-order chi connectivity index (χ1) is 7.11. The van der Waals surface area contributed by atoms with E-state index in [4.69, 9.17) is 5.73 Å². The number of hydrogen-bond acceptors (Lipinski definition) is 3. The van der Waals surface area contributed by atoms with Gasteiger partial charge in [-0.2, -0.15) is 0 Å². The molecular weight excluding hydrogens is 272 g/mol. The van der Waals surface area contributed by atoms with E-state index in [1.54, 1.807) is 11.3 Å². The van der Waals surface area contributed by atoms with Crippen LogP contribution in [0.1, 0.15) is 25.1 Å². The van der Waals surface area contributed by atoms with Crippen molar-refractivity contribution in [3.63, 3.8) is 0 Å². The quantitative estimate of drug-likeness (QED) is 0.845. The average Bonchev–Trinajstić information content (AvgIpc) is 2.64. The zero-order valence-electron chi connectivity index (χ0n) is 9.35. The van der Waals surface area contributed by atoms with Crippen molar-refractivity contribution < 1.29 is 0 Å². The Kier molecular flexibility index (Phi) is 5.26. The number of hydrogen-bond donors (Lipinski definition) is 2. The molecule has 0 aliphatic carbocycles. The van der Waals surface area contributed by atoms with Crippen LogP contribution in [-0.4, -0.2) is 13.1 Å². The summed E-state index contributed by atoms with van der Waals surface area (Å²) >= 11 is 5.30. The molecule has 1 unspecified atom stereocenters. The summed E-state index contributed by atoms with van der Waals surface area (Å²) in [6, 6.07) is 2.09. The van der Waals surface area contributed by atoms with Gasteiger partial charge in [-0.3, -0.25) is 0 Å². The summed E-state index contributed by atoms with van der Waals surface area (Å²) in [6.07, 6.45) is 1.11. The normalized spacial score (nSPS) is 15.2. The SMILES string of the molecule is CCC(C)(CN)CNCc1sccc1Br. The first kappa shape index (κ1) is 13.2. The van der Waals surface area contributed by atoms with Gasteiger partial charge in [0.25, 0.3) is 0 Å². The highest BCUT2D eigenvalue weighted by Gasteiger charge is 2.19. The Bertz CT molecular complexity index is 295. The van der Waals surface area contributed by atoms with Gasteiger partial charge < -0.3 is 11.1 Å². The summed E-state index contributed by atoms with van der Waals surface area (Å²) in [5, 5.41) is 5.57. The lowest BCUT2D eigenvalue weighted by Gasteiger charge is -2.26. The molecule has 0 radical (unpaired) electrons. The minimum atomic E-state index is 0.226. The fraction of sp³-hybridized carbons (Fsp3) is 0.636. The topological polar surface area (TPSA) is 38.0 Å². The molecule has 15 heavy (non-hydrogen) atoms. The van der Waals surface area contributed by atoms with Crippen molar-refractivity contribution in [3.05, 3.63) is 20.8 Å². The molecule has 1 rings (SSSR count). The first-order valence-corrected chi connectivity index (χ1v) is 6.91. The van der Waals surface area contributed by atoms with E-state index in [1.807, 2.05) is 0 Å². The van der Waals surface area contributed by atoms with E-state index in [2.05, 4.69) is 46.5 Å². The molecule has 0 aliphatic heterocycles. The third-order valence-electron chi connectivity index (χ3n) is 2.87. The van der Waals surface area contributed by atoms with Gasteiger partial charge >= 0.3 is 0 Å². The number of halogens is 1. The highest BCUT2D eigenvalue weighted by Crippen LogP contribution is 2.23. The molecule has 0 saturated carbocycles. The van der Waals surface area contributed by atoms with E-state index < -0.39 is 0 Å². The molecular formula is C11H19BrN2S. The predicted molar refractivity (Wildman–Crippen MR) is 71.2 cm³/mol. The van der Waals surface area contributed by atoms with E-state index >= 15 is 0 Å². The minimum absolute atomic E-state index is 0.226. The second-order valence-corrected chi connectivity index (χ2v) is 6.02. The first-order valence-electron chi connectivity index (χ1n) is 5.24. The van der Waals surface area contributed by atoms with Crippen LogP contribution >= 0.6 is 27.3 Å². The van der Waals surface area contributed by atoms with Gasteiger partial charge in [0.15, 0.2) is 0 Å². The second-order valence-electron chi connectivity index (χ2n) is 4.16. The summed E-state index contributed by atoms with van der Waals surface area (Å²) in [5.74, 6) is 0. The molecule has 1 aromatic rings. The van der Waals surface area contributed by atoms with Crippen molar-refractivity contribution in [1.29, 1.82) is 0 Å². The van der Waals surface area contributed by atoms with E-state index in [0.717, 1.165) is 26.1 Å². The van der Waals surface area contributed by atoms with Gasteiger partial charge in [0.2, 0.25) is 0 Å². The van der Waals surface area contributed by atoms with E-state index in [1.165, 1.54) is 9.35 Å². The van der Waals surface area contributed by atoms with Gasteiger partial charge in [0.1, 0.15) is 0 Å². The van der Waals surface area contributed by atoms with Crippen molar-refractivity contribution in [2.24, 2.45) is 11.1 Å². The smallest absolute Gasteiger partial charge is 0.0327 e. The van der Waals surface area contributed by atoms with Gasteiger partial charge in [0.05, 0.1) is 0 Å². The molecule has 0 fully saturated rings. The lowest BCUT2D eigenvalue weighted by atomic mass is 9.88. The van der Waals surface area contributed by atoms with E-state index in [-0.39, 0.29) is 5.41 Å². The highest BCUT2D eigenvalue weighted by molar-refractivity contribution is 9.10. The highest BCUT2D eigenvalue weighted by atomic mass is 79.9. The minimum Gasteiger partial charge on any atom is -0.330 e. The van der Waals surface area contributed by atoms with Gasteiger partial charge in [-0.1, -0.05) is 13.8 Å². The average molecular weight is 291 g/mol. The Morgan fingerprint density at radius 3 is 2.80 bits per heavy atom. The molecule has 4 heteroatoms. The molecule has 1 aromatic heterocycles. The fourth-order valence-corrected chi connectivity index (χ4v) is 2.73. The second kappa shape index (κ2) is 5.99. The van der Waals surface area contributed by atoms with Gasteiger partial charge in [0, 0.05) is 22.4 Å². The van der Waals surface area contributed by atoms with Gasteiger partial charge in [-0.25, -0.2) is 0 Å². The van der Waals surface area contributed by atoms with Crippen molar-refractivity contribution in [1.82, 2.24) is 5.32 Å². The zero-order valence-corrected chi connectivity index (χ0v) is 11.7. The molecule has 3 N–H and O–H groups in total. The Balaban J connectivity index is 2.36. The Morgan fingerprint density at radius 1 is 1.60 bits per heavy atom. The fourth-order valence-electron chi connectivity index (χ4n) is 1.27. The Morgan fingerprint density at radius 2 is 2.33 bits per heavy atom. The van der Waals surface area contributed by atoms with Crippen LogP contribution in [0.15, 0.2) is 15.9 Å². The number of nitrogens with two attached hydrogens (primary N) is 1. The molecule has 1 atom stereocenters. The molecule has 0 bridgehead atoms. The van der Waals surface area contributed by atoms with Crippen molar-refractivity contribution in [3.8, 4) is 0 Å². The van der Waals surface area contributed by atoms with Crippen molar-refractivity contribution in [2.45, 2.75) is 26.8 Å². The monoisotopic (exact) mass is 290 g/mol. The third-order valence-corrected chi connectivity index (χ3v) is 4.80. The molecule has 0 spiro atoms. The maximum absolute atomic E-state index is 5.76. The summed E-state index contributed by atoms with van der Waals surface area (Å²) in [5.41, 5.74) is 5.99. The summed E-state index contributed by atoms with van der Waals surface area (Å²) in [7, 11) is 0. The molecule has 0 saturated heterocycles. The van der Waals surface area contributed by atoms with E-state index in [0.29, 0.717) is 0 Å². The lowest BCUT2D eigenvalue weighted by Crippen LogP contribution is -2.37. The van der Waals surface area contributed by atoms with Crippen LogP contribution < -0.4 is 11.1 Å². The number of nitrogens with one attached hydrogen (secondary N) is 1. The molecule has 1 heterocycles. The van der Waals surface area contributed by atoms with Gasteiger partial charge in [-0.05, 0) is 45.8 Å². The van der Waals surface area contributed by atoms with Crippen LogP contribution in [0.5, 0.6) is 0 Å². The molecule has 86 valence electrons. The summed E-state index contributed by atoms with van der Waals surface area (Å²) in [4.78, 5) is 1.35. The molecule has 0 amide bonds. The standard InChI is InChI=1S/C11H19BrN2S/c1-3-11(2,7-13)8-14-6-10-9(12)4-5-15-10/h4-5,14H,3,6-8,13H2,1-2H3. The number of rotatable bonds is 6. The third kappa shape index (κ3) is 3.87. The largest absolute Gasteiger partial charge is 0.330 e. The van der Waals surface area contributed by atoms with E-state index in [9.17, 15) is 0 Å². The van der Waals surface area contributed by atoms with Crippen molar-refractivity contribution in [2.75, 3.05) is 13.1 Å². The molecule has 0 aliphatic rings. The summed E-state index contributed by atoms with van der Waals surface area (Å²) < 4.78 is 1.20. The van der Waals surface area contributed by atoms with Crippen LogP contribution in [0.4, 0.5) is 0 Å². The molecule has 2 nitrogen and oxygen atoms in total. The predicted octanol–water partition coefficient (Wildman–Crippen LogP) is 2.98. The van der Waals surface area contributed by atoms with Crippen LogP contribution in [-0.2, 0) is 6.54 Å². The zero-order chi connectivity index (χ0) is 11.3. The summed E-state index contributed by atoms with van der Waals surface area (Å²) in [6.45, 7) is 7.05. The number of thiophene rings is 1. The van der Waals surface area contributed by atoms with Crippen LogP contribution in [0.2, 0.25) is 0 Å². The molecule has 0 aromatic carbocycles. The Hall–Kier alpha value is 0.100.